The van der Waals surface area contributed by atoms with Crippen molar-refractivity contribution in [2.45, 2.75) is 38.6 Å². The molecule has 7 nitrogen and oxygen atoms in total. The van der Waals surface area contributed by atoms with Gasteiger partial charge in [0.15, 0.2) is 6.61 Å². The fourth-order valence-corrected chi connectivity index (χ4v) is 4.51. The van der Waals surface area contributed by atoms with E-state index in [4.69, 9.17) is 4.74 Å². The molecular weight excluding hydrogens is 423 g/mol. The van der Waals surface area contributed by atoms with Gasteiger partial charge in [-0.25, -0.2) is 17.6 Å². The van der Waals surface area contributed by atoms with Gasteiger partial charge >= 0.3 is 5.97 Å². The molecule has 0 spiro atoms. The first-order valence-electron chi connectivity index (χ1n) is 9.92. The fraction of sp³-hybridized carbons (Fsp3) is 0.364. The zero-order valence-corrected chi connectivity index (χ0v) is 18.8. The first kappa shape index (κ1) is 24.5. The summed E-state index contributed by atoms with van der Waals surface area (Å²) in [6.07, 6.45) is 0. The fourth-order valence-electron chi connectivity index (χ4n) is 3.02. The minimum absolute atomic E-state index is 0.0110. The van der Waals surface area contributed by atoms with E-state index in [9.17, 15) is 22.4 Å². The number of aryl methyl sites for hydroxylation is 1. The number of sulfonamides is 1. The first-order chi connectivity index (χ1) is 14.6. The minimum Gasteiger partial charge on any atom is -0.452 e. The Morgan fingerprint density at radius 1 is 1.10 bits per heavy atom. The van der Waals surface area contributed by atoms with E-state index >= 15 is 0 Å². The highest BCUT2D eigenvalue weighted by molar-refractivity contribution is 7.89. The molecule has 0 aliphatic rings. The summed E-state index contributed by atoms with van der Waals surface area (Å²) < 4.78 is 44.8. The molecule has 0 saturated heterocycles. The zero-order chi connectivity index (χ0) is 23.2. The van der Waals surface area contributed by atoms with Crippen molar-refractivity contribution in [3.8, 4) is 0 Å². The number of amides is 1. The molecule has 0 fully saturated rings. The summed E-state index contributed by atoms with van der Waals surface area (Å²) in [5.74, 6) is -1.70. The quantitative estimate of drug-likeness (QED) is 0.593. The molecule has 2 rings (SSSR count). The van der Waals surface area contributed by atoms with Crippen LogP contribution in [-0.4, -0.2) is 44.3 Å². The number of nitrogens with zero attached hydrogens (tertiary/aromatic N) is 1. The molecular formula is C22H27FN2O5S. The van der Waals surface area contributed by atoms with Gasteiger partial charge in [0.05, 0.1) is 16.5 Å². The van der Waals surface area contributed by atoms with Crippen molar-refractivity contribution in [1.82, 2.24) is 9.62 Å². The lowest BCUT2D eigenvalue weighted by atomic mass is 10.1. The number of ether oxygens (including phenoxy) is 1. The number of halogens is 1. The van der Waals surface area contributed by atoms with Crippen molar-refractivity contribution >= 4 is 21.9 Å². The summed E-state index contributed by atoms with van der Waals surface area (Å²) in [5.41, 5.74) is 1.31. The van der Waals surface area contributed by atoms with Crippen LogP contribution in [0.3, 0.4) is 0 Å². The summed E-state index contributed by atoms with van der Waals surface area (Å²) in [4.78, 5) is 24.6. The number of carbonyl (C=O) groups excluding carboxylic acids is 2. The predicted octanol–water partition coefficient (Wildman–Crippen LogP) is 3.20. The molecule has 0 radical (unpaired) electrons. The van der Waals surface area contributed by atoms with Crippen LogP contribution in [-0.2, 0) is 19.6 Å². The number of esters is 1. The summed E-state index contributed by atoms with van der Waals surface area (Å²) >= 11 is 0. The minimum atomic E-state index is -3.74. The molecule has 31 heavy (non-hydrogen) atoms. The van der Waals surface area contributed by atoms with Gasteiger partial charge in [-0.3, -0.25) is 4.79 Å². The Labute approximate surface area is 182 Å². The van der Waals surface area contributed by atoms with Gasteiger partial charge in [-0.05, 0) is 49.2 Å². The van der Waals surface area contributed by atoms with E-state index in [1.54, 1.807) is 39.8 Å². The molecule has 0 saturated carbocycles. The van der Waals surface area contributed by atoms with E-state index in [2.05, 4.69) is 5.32 Å². The van der Waals surface area contributed by atoms with Crippen molar-refractivity contribution in [2.75, 3.05) is 19.7 Å². The van der Waals surface area contributed by atoms with Crippen LogP contribution in [0, 0.1) is 12.7 Å². The van der Waals surface area contributed by atoms with Crippen molar-refractivity contribution in [3.05, 3.63) is 65.0 Å². The van der Waals surface area contributed by atoms with E-state index in [-0.39, 0.29) is 16.3 Å². The van der Waals surface area contributed by atoms with Crippen LogP contribution in [0.1, 0.15) is 48.3 Å². The lowest BCUT2D eigenvalue weighted by Gasteiger charge is -2.19. The number of hydrogen-bond acceptors (Lipinski definition) is 5. The smallest absolute Gasteiger partial charge is 0.338 e. The van der Waals surface area contributed by atoms with Crippen molar-refractivity contribution in [1.29, 1.82) is 0 Å². The summed E-state index contributed by atoms with van der Waals surface area (Å²) in [5, 5.41) is 2.66. The van der Waals surface area contributed by atoms with Crippen LogP contribution in [0.2, 0.25) is 0 Å². The molecule has 168 valence electrons. The SMILES string of the molecule is CCN(CC)S(=O)(=O)c1ccc(C)c(C(=O)OCC(=O)NC(C)c2ccc(F)cc2)c1. The van der Waals surface area contributed by atoms with Gasteiger partial charge in [-0.15, -0.1) is 0 Å². The van der Waals surface area contributed by atoms with Crippen LogP contribution < -0.4 is 5.32 Å². The number of hydrogen-bond donors (Lipinski definition) is 1. The summed E-state index contributed by atoms with van der Waals surface area (Å²) in [6, 6.07) is 9.52. The average Bonchev–Trinajstić information content (AvgIpc) is 2.73. The van der Waals surface area contributed by atoms with E-state index in [0.29, 0.717) is 24.2 Å². The lowest BCUT2D eigenvalue weighted by molar-refractivity contribution is -0.124. The third-order valence-corrected chi connectivity index (χ3v) is 6.90. The third-order valence-electron chi connectivity index (χ3n) is 4.85. The van der Waals surface area contributed by atoms with Crippen LogP contribution in [0.4, 0.5) is 4.39 Å². The molecule has 2 aromatic carbocycles. The maximum Gasteiger partial charge on any atom is 0.338 e. The Balaban J connectivity index is 2.06. The molecule has 1 unspecified atom stereocenters. The van der Waals surface area contributed by atoms with Crippen LogP contribution in [0.15, 0.2) is 47.4 Å². The molecule has 0 aliphatic carbocycles. The maximum absolute atomic E-state index is 13.0. The Morgan fingerprint density at radius 2 is 1.71 bits per heavy atom. The second kappa shape index (κ2) is 10.5. The molecule has 0 aliphatic heterocycles. The van der Waals surface area contributed by atoms with Crippen LogP contribution in [0.5, 0.6) is 0 Å². The average molecular weight is 451 g/mol. The zero-order valence-electron chi connectivity index (χ0n) is 18.0. The Bertz CT molecular complexity index is 1030. The second-order valence-corrected chi connectivity index (χ2v) is 8.92. The molecule has 0 aromatic heterocycles. The first-order valence-corrected chi connectivity index (χ1v) is 11.4. The van der Waals surface area contributed by atoms with Gasteiger partial charge in [0, 0.05) is 13.1 Å². The highest BCUT2D eigenvalue weighted by Crippen LogP contribution is 2.20. The van der Waals surface area contributed by atoms with E-state index < -0.39 is 34.5 Å². The third kappa shape index (κ3) is 6.11. The predicted molar refractivity (Wildman–Crippen MR) is 115 cm³/mol. The highest BCUT2D eigenvalue weighted by Gasteiger charge is 2.24. The normalized spacial score (nSPS) is 12.5. The Morgan fingerprint density at radius 3 is 2.29 bits per heavy atom. The molecule has 0 bridgehead atoms. The molecule has 2 aromatic rings. The molecule has 0 heterocycles. The van der Waals surface area contributed by atoms with Crippen molar-refractivity contribution < 1.29 is 27.1 Å². The molecule has 1 N–H and O–H groups in total. The van der Waals surface area contributed by atoms with Crippen molar-refractivity contribution in [3.63, 3.8) is 0 Å². The Hall–Kier alpha value is -2.78. The van der Waals surface area contributed by atoms with Gasteiger partial charge in [0.1, 0.15) is 5.82 Å². The molecule has 9 heteroatoms. The van der Waals surface area contributed by atoms with E-state index in [1.165, 1.54) is 34.6 Å². The van der Waals surface area contributed by atoms with Gasteiger partial charge < -0.3 is 10.1 Å². The number of rotatable bonds is 9. The standard InChI is InChI=1S/C22H27FN2O5S/c1-5-25(6-2)31(28,29)19-12-7-15(3)20(13-19)22(27)30-14-21(26)24-16(4)17-8-10-18(23)11-9-17/h7-13,16H,5-6,14H2,1-4H3,(H,24,26). The second-order valence-electron chi connectivity index (χ2n) is 6.98. The summed E-state index contributed by atoms with van der Waals surface area (Å²) in [7, 11) is -3.74. The lowest BCUT2D eigenvalue weighted by Crippen LogP contribution is -2.31. The number of benzene rings is 2. The van der Waals surface area contributed by atoms with Gasteiger partial charge in [-0.2, -0.15) is 4.31 Å². The van der Waals surface area contributed by atoms with E-state index in [0.717, 1.165) is 0 Å². The Kier molecular flexibility index (Phi) is 8.29. The van der Waals surface area contributed by atoms with Gasteiger partial charge in [-0.1, -0.05) is 32.0 Å². The molecule has 1 atom stereocenters. The van der Waals surface area contributed by atoms with Crippen LogP contribution >= 0.6 is 0 Å². The monoisotopic (exact) mass is 450 g/mol. The largest absolute Gasteiger partial charge is 0.452 e. The number of nitrogens with one attached hydrogen (secondary N) is 1. The summed E-state index contributed by atoms with van der Waals surface area (Å²) in [6.45, 7) is 6.92. The maximum atomic E-state index is 13.0. The van der Waals surface area contributed by atoms with Crippen molar-refractivity contribution in [2.24, 2.45) is 0 Å². The molecule has 1 amide bonds. The van der Waals surface area contributed by atoms with E-state index in [1.807, 2.05) is 0 Å². The topological polar surface area (TPSA) is 92.8 Å². The van der Waals surface area contributed by atoms with Crippen LogP contribution in [0.25, 0.3) is 0 Å². The van der Waals surface area contributed by atoms with Gasteiger partial charge in [0.25, 0.3) is 5.91 Å². The van der Waals surface area contributed by atoms with Gasteiger partial charge in [0.2, 0.25) is 10.0 Å². The number of carbonyl (C=O) groups is 2. The highest BCUT2D eigenvalue weighted by atomic mass is 32.2.